The van der Waals surface area contributed by atoms with E-state index >= 15 is 0 Å². The van der Waals surface area contributed by atoms with Gasteiger partial charge in [0.1, 0.15) is 12.1 Å². The van der Waals surface area contributed by atoms with Crippen molar-refractivity contribution in [2.45, 2.75) is 6.42 Å². The van der Waals surface area contributed by atoms with Crippen LogP contribution in [0.4, 0.5) is 9.52 Å². The Labute approximate surface area is 95.3 Å². The fourth-order valence-corrected chi connectivity index (χ4v) is 1.63. The molecule has 4 nitrogen and oxygen atoms in total. The highest BCUT2D eigenvalue weighted by atomic mass is 32.1. The number of nitrogens with zero attached hydrogens (tertiary/aromatic N) is 2. The molecule has 0 fully saturated rings. The summed E-state index contributed by atoms with van der Waals surface area (Å²) >= 11 is 1.11. The van der Waals surface area contributed by atoms with Crippen LogP contribution >= 0.6 is 11.5 Å². The first-order valence-corrected chi connectivity index (χ1v) is 5.32. The number of benzene rings is 1. The molecule has 1 aromatic carbocycles. The molecule has 6 heteroatoms. The SMILES string of the molecule is O=C(Cc1ccc(F)cc1)Nc1ncns1. The van der Waals surface area contributed by atoms with Gasteiger partial charge in [-0.2, -0.15) is 4.37 Å². The Kier molecular flexibility index (Phi) is 3.21. The molecule has 2 aromatic rings. The molecule has 0 saturated carbocycles. The van der Waals surface area contributed by atoms with Gasteiger partial charge in [0.15, 0.2) is 0 Å². The van der Waals surface area contributed by atoms with E-state index in [0.717, 1.165) is 17.1 Å². The third-order valence-corrected chi connectivity index (χ3v) is 2.47. The predicted octanol–water partition coefficient (Wildman–Crippen LogP) is 1.86. The monoisotopic (exact) mass is 237 g/mol. The molecule has 16 heavy (non-hydrogen) atoms. The van der Waals surface area contributed by atoms with Crippen molar-refractivity contribution in [3.8, 4) is 0 Å². The van der Waals surface area contributed by atoms with E-state index in [9.17, 15) is 9.18 Å². The molecule has 1 aromatic heterocycles. The minimum Gasteiger partial charge on any atom is -0.300 e. The van der Waals surface area contributed by atoms with Gasteiger partial charge in [0.25, 0.3) is 0 Å². The maximum absolute atomic E-state index is 12.6. The zero-order valence-electron chi connectivity index (χ0n) is 8.18. The highest BCUT2D eigenvalue weighted by Crippen LogP contribution is 2.08. The lowest BCUT2D eigenvalue weighted by Crippen LogP contribution is -2.14. The van der Waals surface area contributed by atoms with Crippen LogP contribution in [-0.2, 0) is 11.2 Å². The third kappa shape index (κ3) is 2.83. The highest BCUT2D eigenvalue weighted by molar-refractivity contribution is 7.09. The van der Waals surface area contributed by atoms with E-state index in [1.807, 2.05) is 0 Å². The second kappa shape index (κ2) is 4.80. The average Bonchev–Trinajstić information content (AvgIpc) is 2.74. The first-order valence-electron chi connectivity index (χ1n) is 4.55. The van der Waals surface area contributed by atoms with Gasteiger partial charge in [-0.15, -0.1) is 0 Å². The molecule has 0 bridgehead atoms. The van der Waals surface area contributed by atoms with Crippen molar-refractivity contribution in [3.05, 3.63) is 42.0 Å². The van der Waals surface area contributed by atoms with Crippen LogP contribution in [0.25, 0.3) is 0 Å². The van der Waals surface area contributed by atoms with Gasteiger partial charge >= 0.3 is 0 Å². The van der Waals surface area contributed by atoms with Gasteiger partial charge in [0.05, 0.1) is 6.42 Å². The van der Waals surface area contributed by atoms with Gasteiger partial charge in [-0.1, -0.05) is 12.1 Å². The Morgan fingerprint density at radius 1 is 1.38 bits per heavy atom. The maximum atomic E-state index is 12.6. The summed E-state index contributed by atoms with van der Waals surface area (Å²) in [6.07, 6.45) is 1.57. The second-order valence-electron chi connectivity index (χ2n) is 3.10. The van der Waals surface area contributed by atoms with Crippen molar-refractivity contribution in [3.63, 3.8) is 0 Å². The third-order valence-electron chi connectivity index (χ3n) is 1.89. The number of amides is 1. The molecule has 0 unspecified atom stereocenters. The fourth-order valence-electron chi connectivity index (χ4n) is 1.18. The van der Waals surface area contributed by atoms with Gasteiger partial charge in [-0.3, -0.25) is 4.79 Å². The number of aromatic nitrogens is 2. The number of anilines is 1. The Hall–Kier alpha value is -1.82. The first kappa shape index (κ1) is 10.7. The smallest absolute Gasteiger partial charge is 0.230 e. The van der Waals surface area contributed by atoms with Crippen LogP contribution in [0.5, 0.6) is 0 Å². The van der Waals surface area contributed by atoms with Crippen molar-refractivity contribution in [1.29, 1.82) is 0 Å². The summed E-state index contributed by atoms with van der Waals surface area (Å²) in [6.45, 7) is 0. The largest absolute Gasteiger partial charge is 0.300 e. The molecule has 1 amide bonds. The topological polar surface area (TPSA) is 54.9 Å². The van der Waals surface area contributed by atoms with E-state index in [2.05, 4.69) is 14.7 Å². The number of carbonyl (C=O) groups is 1. The summed E-state index contributed by atoms with van der Waals surface area (Å²) in [5.41, 5.74) is 0.753. The quantitative estimate of drug-likeness (QED) is 0.886. The molecule has 0 radical (unpaired) electrons. The van der Waals surface area contributed by atoms with Gasteiger partial charge in [0, 0.05) is 11.5 Å². The molecule has 0 saturated heterocycles. The van der Waals surface area contributed by atoms with Crippen molar-refractivity contribution >= 4 is 22.6 Å². The normalized spacial score (nSPS) is 10.1. The average molecular weight is 237 g/mol. The molecular weight excluding hydrogens is 229 g/mol. The zero-order chi connectivity index (χ0) is 11.4. The molecule has 0 aliphatic carbocycles. The molecule has 2 rings (SSSR count). The lowest BCUT2D eigenvalue weighted by molar-refractivity contribution is -0.115. The van der Waals surface area contributed by atoms with Crippen LogP contribution < -0.4 is 5.32 Å². The number of nitrogens with one attached hydrogen (secondary N) is 1. The molecule has 0 spiro atoms. The number of halogens is 1. The molecular formula is C10H8FN3OS. The minimum atomic E-state index is -0.312. The molecule has 1 heterocycles. The van der Waals surface area contributed by atoms with Gasteiger partial charge in [-0.05, 0) is 17.7 Å². The Balaban J connectivity index is 1.95. The molecule has 0 aliphatic heterocycles. The summed E-state index contributed by atoms with van der Waals surface area (Å²) in [5.74, 6) is -0.503. The number of hydrogen-bond donors (Lipinski definition) is 1. The van der Waals surface area contributed by atoms with Gasteiger partial charge < -0.3 is 5.32 Å². The molecule has 0 aliphatic rings. The number of hydrogen-bond acceptors (Lipinski definition) is 4. The van der Waals surface area contributed by atoms with E-state index in [1.54, 1.807) is 12.1 Å². The maximum Gasteiger partial charge on any atom is 0.230 e. The lowest BCUT2D eigenvalue weighted by Gasteiger charge is -2.01. The summed E-state index contributed by atoms with van der Waals surface area (Å²) in [7, 11) is 0. The van der Waals surface area contributed by atoms with E-state index in [-0.39, 0.29) is 18.1 Å². The van der Waals surface area contributed by atoms with Crippen LogP contribution in [0.15, 0.2) is 30.6 Å². The van der Waals surface area contributed by atoms with E-state index in [4.69, 9.17) is 0 Å². The zero-order valence-corrected chi connectivity index (χ0v) is 9.00. The van der Waals surface area contributed by atoms with Crippen LogP contribution in [0, 0.1) is 5.82 Å². The van der Waals surface area contributed by atoms with Crippen molar-refractivity contribution in [2.75, 3.05) is 5.32 Å². The standard InChI is InChI=1S/C10H8FN3OS/c11-8-3-1-7(2-4-8)5-9(15)14-10-12-6-13-16-10/h1-4,6H,5H2,(H,12,13,14,15). The Morgan fingerprint density at radius 3 is 2.75 bits per heavy atom. The van der Waals surface area contributed by atoms with E-state index < -0.39 is 0 Å². The van der Waals surface area contributed by atoms with Crippen molar-refractivity contribution < 1.29 is 9.18 Å². The van der Waals surface area contributed by atoms with Gasteiger partial charge in [0.2, 0.25) is 11.0 Å². The first-order chi connectivity index (χ1) is 7.74. The highest BCUT2D eigenvalue weighted by Gasteiger charge is 2.05. The summed E-state index contributed by atoms with van der Waals surface area (Å²) in [6, 6.07) is 5.81. The summed E-state index contributed by atoms with van der Waals surface area (Å²) < 4.78 is 16.4. The lowest BCUT2D eigenvalue weighted by atomic mass is 10.1. The van der Waals surface area contributed by atoms with E-state index in [1.165, 1.54) is 18.5 Å². The summed E-state index contributed by atoms with van der Waals surface area (Å²) in [5, 5.41) is 3.06. The summed E-state index contributed by atoms with van der Waals surface area (Å²) in [4.78, 5) is 15.3. The number of carbonyl (C=O) groups excluding carboxylic acids is 1. The second-order valence-corrected chi connectivity index (χ2v) is 3.88. The molecule has 82 valence electrons. The van der Waals surface area contributed by atoms with Crippen LogP contribution in [0.1, 0.15) is 5.56 Å². The predicted molar refractivity (Wildman–Crippen MR) is 58.6 cm³/mol. The molecule has 1 N–H and O–H groups in total. The van der Waals surface area contributed by atoms with E-state index in [0.29, 0.717) is 5.13 Å². The minimum absolute atomic E-state index is 0.191. The van der Waals surface area contributed by atoms with Gasteiger partial charge in [-0.25, -0.2) is 9.37 Å². The Morgan fingerprint density at radius 2 is 2.12 bits per heavy atom. The number of rotatable bonds is 3. The fraction of sp³-hybridized carbons (Fsp3) is 0.100. The van der Waals surface area contributed by atoms with Crippen LogP contribution in [0.2, 0.25) is 0 Å². The Bertz CT molecular complexity index is 469. The van der Waals surface area contributed by atoms with Crippen LogP contribution in [0.3, 0.4) is 0 Å². The van der Waals surface area contributed by atoms with Crippen LogP contribution in [-0.4, -0.2) is 15.3 Å². The van der Waals surface area contributed by atoms with Crippen molar-refractivity contribution in [2.24, 2.45) is 0 Å². The molecule has 0 atom stereocenters. The van der Waals surface area contributed by atoms with Crippen molar-refractivity contribution in [1.82, 2.24) is 9.36 Å².